The van der Waals surface area contributed by atoms with Gasteiger partial charge in [0.15, 0.2) is 11.4 Å². The van der Waals surface area contributed by atoms with Gasteiger partial charge in [0.2, 0.25) is 0 Å². The Labute approximate surface area is 299 Å². The minimum Gasteiger partial charge on any atom is -0.459 e. The Kier molecular flexibility index (Phi) is 13.8. The van der Waals surface area contributed by atoms with Crippen molar-refractivity contribution in [2.45, 2.75) is 53.0 Å². The minimum atomic E-state index is -1.00. The molecule has 0 saturated heterocycles. The topological polar surface area (TPSA) is 226 Å². The molecule has 4 rings (SSSR count). The van der Waals surface area contributed by atoms with Crippen LogP contribution in [-0.2, 0) is 32.3 Å². The number of carbonyl (C=O) groups excluding carboxylic acids is 6. The van der Waals surface area contributed by atoms with Crippen LogP contribution in [-0.4, -0.2) is 80.7 Å². The van der Waals surface area contributed by atoms with Crippen molar-refractivity contribution in [2.75, 3.05) is 13.1 Å². The van der Waals surface area contributed by atoms with Crippen molar-refractivity contribution in [3.8, 4) is 0 Å². The van der Waals surface area contributed by atoms with Crippen LogP contribution in [0.15, 0.2) is 73.3 Å². The molecule has 2 aromatic heterocycles. The number of hydrogen-bond acceptors (Lipinski definition) is 10. The van der Waals surface area contributed by atoms with Gasteiger partial charge in [-0.25, -0.2) is 19.6 Å². The van der Waals surface area contributed by atoms with E-state index in [1.165, 1.54) is 12.7 Å². The van der Waals surface area contributed by atoms with Gasteiger partial charge >= 0.3 is 11.9 Å². The number of aromatic amines is 2. The number of carbonyl (C=O) groups is 6. The molecule has 0 spiro atoms. The van der Waals surface area contributed by atoms with E-state index in [9.17, 15) is 28.8 Å². The molecule has 16 heteroatoms. The molecule has 0 unspecified atom stereocenters. The Balaban J connectivity index is 1.26. The molecule has 0 radical (unpaired) electrons. The number of hydrogen-bond donors (Lipinski definition) is 6. The van der Waals surface area contributed by atoms with Crippen LogP contribution in [0.5, 0.6) is 0 Å². The average molecular weight is 715 g/mol. The van der Waals surface area contributed by atoms with Gasteiger partial charge in [0.25, 0.3) is 23.6 Å². The van der Waals surface area contributed by atoms with E-state index in [0.29, 0.717) is 0 Å². The molecule has 0 aliphatic carbocycles. The predicted octanol–water partition coefficient (Wildman–Crippen LogP) is 2.29. The zero-order chi connectivity index (χ0) is 37.6. The number of aromatic nitrogens is 4. The second kappa shape index (κ2) is 18.6. The first kappa shape index (κ1) is 38.5. The summed E-state index contributed by atoms with van der Waals surface area (Å²) in [5.41, 5.74) is 0.796. The SMILES string of the molecule is CC(C)[C@H](NC(=O)c1nc[nH]c1C(=O)NCCNC(=O)c1[nH]cnc1C(=O)N[C@H](C(=O)OCc1ccccc1)C(C)C)C(=O)OCc1ccccc1. The van der Waals surface area contributed by atoms with E-state index in [0.717, 1.165) is 11.1 Å². The number of nitrogens with one attached hydrogen (secondary N) is 6. The van der Waals surface area contributed by atoms with Gasteiger partial charge in [-0.15, -0.1) is 0 Å². The third-order valence-electron chi connectivity index (χ3n) is 7.72. The Hall–Kier alpha value is -6.32. The first-order chi connectivity index (χ1) is 25.0. The molecule has 2 aromatic carbocycles. The maximum absolute atomic E-state index is 13.1. The molecule has 274 valence electrons. The van der Waals surface area contributed by atoms with E-state index in [1.807, 2.05) is 60.7 Å². The number of amides is 4. The van der Waals surface area contributed by atoms with Crippen LogP contribution in [0, 0.1) is 11.8 Å². The van der Waals surface area contributed by atoms with Crippen LogP contribution in [0.2, 0.25) is 0 Å². The zero-order valence-electron chi connectivity index (χ0n) is 29.2. The van der Waals surface area contributed by atoms with Crippen molar-refractivity contribution in [2.24, 2.45) is 11.8 Å². The minimum absolute atomic E-state index is 0.0326. The summed E-state index contributed by atoms with van der Waals surface area (Å²) in [5, 5.41) is 10.4. The lowest BCUT2D eigenvalue weighted by atomic mass is 10.0. The van der Waals surface area contributed by atoms with E-state index >= 15 is 0 Å². The van der Waals surface area contributed by atoms with Gasteiger partial charge in [0.1, 0.15) is 36.7 Å². The number of esters is 2. The van der Waals surface area contributed by atoms with E-state index in [1.54, 1.807) is 27.7 Å². The molecule has 0 aliphatic heterocycles. The van der Waals surface area contributed by atoms with Crippen LogP contribution in [0.25, 0.3) is 0 Å². The van der Waals surface area contributed by atoms with Gasteiger partial charge in [-0.3, -0.25) is 19.2 Å². The van der Waals surface area contributed by atoms with E-state index in [2.05, 4.69) is 41.2 Å². The van der Waals surface area contributed by atoms with Crippen LogP contribution in [0.3, 0.4) is 0 Å². The zero-order valence-corrected chi connectivity index (χ0v) is 29.2. The maximum Gasteiger partial charge on any atom is 0.329 e. The molecule has 16 nitrogen and oxygen atoms in total. The molecular weight excluding hydrogens is 672 g/mol. The summed E-state index contributed by atoms with van der Waals surface area (Å²) in [7, 11) is 0. The highest BCUT2D eigenvalue weighted by molar-refractivity contribution is 6.06. The molecule has 52 heavy (non-hydrogen) atoms. The summed E-state index contributed by atoms with van der Waals surface area (Å²) < 4.78 is 10.8. The van der Waals surface area contributed by atoms with Crippen LogP contribution < -0.4 is 21.3 Å². The first-order valence-electron chi connectivity index (χ1n) is 16.6. The Bertz CT molecular complexity index is 1700. The number of rotatable bonds is 17. The summed E-state index contributed by atoms with van der Waals surface area (Å²) in [6.45, 7) is 6.90. The van der Waals surface area contributed by atoms with E-state index in [4.69, 9.17) is 9.47 Å². The number of ether oxygens (including phenoxy) is 2. The largest absolute Gasteiger partial charge is 0.459 e. The highest BCUT2D eigenvalue weighted by Crippen LogP contribution is 2.12. The molecule has 6 N–H and O–H groups in total. The Morgan fingerprint density at radius 1 is 0.577 bits per heavy atom. The van der Waals surface area contributed by atoms with Gasteiger partial charge in [0, 0.05) is 13.1 Å². The number of benzene rings is 2. The van der Waals surface area contributed by atoms with Gasteiger partial charge in [-0.1, -0.05) is 88.4 Å². The molecule has 0 aliphatic rings. The Morgan fingerprint density at radius 3 is 1.29 bits per heavy atom. The van der Waals surface area contributed by atoms with Crippen LogP contribution in [0.4, 0.5) is 0 Å². The van der Waals surface area contributed by atoms with Crippen molar-refractivity contribution >= 4 is 35.6 Å². The number of imidazole rings is 2. The maximum atomic E-state index is 13.1. The fraction of sp³-hybridized carbons (Fsp3) is 0.333. The van der Waals surface area contributed by atoms with Crippen molar-refractivity contribution in [3.63, 3.8) is 0 Å². The van der Waals surface area contributed by atoms with Gasteiger partial charge < -0.3 is 40.7 Å². The Morgan fingerprint density at radius 2 is 0.942 bits per heavy atom. The monoisotopic (exact) mass is 714 g/mol. The van der Waals surface area contributed by atoms with Gasteiger partial charge in [-0.2, -0.15) is 0 Å². The van der Waals surface area contributed by atoms with Crippen molar-refractivity contribution in [1.29, 1.82) is 0 Å². The molecule has 2 atom stereocenters. The lowest BCUT2D eigenvalue weighted by molar-refractivity contribution is -0.149. The second-order valence-electron chi connectivity index (χ2n) is 12.3. The average Bonchev–Trinajstić information content (AvgIpc) is 3.84. The summed E-state index contributed by atoms with van der Waals surface area (Å²) in [6.07, 6.45) is 2.34. The molecule has 0 saturated carbocycles. The molecule has 4 amide bonds. The number of nitrogens with zero attached hydrogens (tertiary/aromatic N) is 2. The van der Waals surface area contributed by atoms with Crippen molar-refractivity contribution in [3.05, 3.63) is 107 Å². The van der Waals surface area contributed by atoms with E-state index < -0.39 is 47.7 Å². The van der Waals surface area contributed by atoms with Gasteiger partial charge in [-0.05, 0) is 23.0 Å². The number of H-pyrrole nitrogens is 2. The molecule has 4 aromatic rings. The van der Waals surface area contributed by atoms with Crippen LogP contribution >= 0.6 is 0 Å². The van der Waals surface area contributed by atoms with Crippen molar-refractivity contribution < 1.29 is 38.2 Å². The predicted molar refractivity (Wildman–Crippen MR) is 187 cm³/mol. The quantitative estimate of drug-likeness (QED) is 0.0691. The molecule has 2 heterocycles. The lowest BCUT2D eigenvalue weighted by Gasteiger charge is -2.20. The molecule has 0 bridgehead atoms. The fourth-order valence-corrected chi connectivity index (χ4v) is 4.86. The summed E-state index contributed by atoms with van der Waals surface area (Å²) >= 11 is 0. The summed E-state index contributed by atoms with van der Waals surface area (Å²) in [5.74, 6) is -4.83. The van der Waals surface area contributed by atoms with E-state index in [-0.39, 0.29) is 60.9 Å². The van der Waals surface area contributed by atoms with Crippen molar-refractivity contribution in [1.82, 2.24) is 41.2 Å². The normalized spacial score (nSPS) is 12.0. The standard InChI is InChI=1S/C36H42N8O8/c1-21(2)25(35(49)51-17-23-11-7-5-8-12-23)43-33(47)29-27(39-19-41-29)31(45)37-15-16-38-32(46)28-30(42-20-40-28)34(48)44-26(22(3)4)36(50)52-18-24-13-9-6-10-14-24/h5-14,19-22,25-26H,15-18H2,1-4H3,(H,37,45)(H,38,46)(H,39,41)(H,40,42)(H,43,47)(H,44,48)/t25-,26-/m0/s1. The summed E-state index contributed by atoms with van der Waals surface area (Å²) in [6, 6.07) is 16.2. The highest BCUT2D eigenvalue weighted by Gasteiger charge is 2.31. The van der Waals surface area contributed by atoms with Gasteiger partial charge in [0.05, 0.1) is 12.7 Å². The third-order valence-corrected chi connectivity index (χ3v) is 7.72. The summed E-state index contributed by atoms with van der Waals surface area (Å²) in [4.78, 5) is 90.8. The fourth-order valence-electron chi connectivity index (χ4n) is 4.86. The second-order valence-corrected chi connectivity index (χ2v) is 12.3. The molecule has 0 fully saturated rings. The molecular formula is C36H42N8O8. The first-order valence-corrected chi connectivity index (χ1v) is 16.6. The van der Waals surface area contributed by atoms with Crippen LogP contribution in [0.1, 0.15) is 80.8 Å². The lowest BCUT2D eigenvalue weighted by Crippen LogP contribution is -2.46. The highest BCUT2D eigenvalue weighted by atomic mass is 16.5. The smallest absolute Gasteiger partial charge is 0.329 e. The third kappa shape index (κ3) is 10.6.